The fraction of sp³-hybridized carbons (Fsp3) is 0.333. The van der Waals surface area contributed by atoms with Gasteiger partial charge < -0.3 is 14.6 Å². The first kappa shape index (κ1) is 25.8. The van der Waals surface area contributed by atoms with Gasteiger partial charge in [0.25, 0.3) is 0 Å². The highest BCUT2D eigenvalue weighted by atomic mass is 19.2. The zero-order chi connectivity index (χ0) is 25.7. The van der Waals surface area contributed by atoms with E-state index < -0.39 is 23.7 Å². The summed E-state index contributed by atoms with van der Waals surface area (Å²) in [6.45, 7) is 4.14. The van der Waals surface area contributed by atoms with Gasteiger partial charge in [-0.05, 0) is 86.3 Å². The summed E-state index contributed by atoms with van der Waals surface area (Å²) in [5.74, 6) is -2.16. The van der Waals surface area contributed by atoms with Gasteiger partial charge >= 0.3 is 0 Å². The minimum absolute atomic E-state index is 0.0278. The van der Waals surface area contributed by atoms with Crippen LogP contribution in [0.1, 0.15) is 62.9 Å². The fourth-order valence-electron chi connectivity index (χ4n) is 4.83. The van der Waals surface area contributed by atoms with Crippen LogP contribution in [0.2, 0.25) is 0 Å². The van der Waals surface area contributed by atoms with E-state index in [-0.39, 0.29) is 17.4 Å². The van der Waals surface area contributed by atoms with Crippen LogP contribution >= 0.6 is 0 Å². The van der Waals surface area contributed by atoms with Gasteiger partial charge in [0, 0.05) is 5.56 Å². The minimum Gasteiger partial charge on any atom is -0.491 e. The first-order valence-electron chi connectivity index (χ1n) is 12.4. The Morgan fingerprint density at radius 1 is 0.889 bits per heavy atom. The van der Waals surface area contributed by atoms with E-state index in [4.69, 9.17) is 9.47 Å². The minimum atomic E-state index is -1.49. The Morgan fingerprint density at radius 2 is 1.56 bits per heavy atom. The summed E-state index contributed by atoms with van der Waals surface area (Å²) >= 11 is 0. The van der Waals surface area contributed by atoms with Gasteiger partial charge in [0.2, 0.25) is 12.1 Å². The molecule has 1 saturated carbocycles. The predicted octanol–water partition coefficient (Wildman–Crippen LogP) is 8.09. The van der Waals surface area contributed by atoms with E-state index in [2.05, 4.69) is 6.08 Å². The molecule has 190 valence electrons. The Bertz CT molecular complexity index is 1200. The highest BCUT2D eigenvalue weighted by Crippen LogP contribution is 2.39. The van der Waals surface area contributed by atoms with Crippen LogP contribution in [0.5, 0.6) is 11.5 Å². The maximum Gasteiger partial charge on any atom is 0.224 e. The topological polar surface area (TPSA) is 38.7 Å². The van der Waals surface area contributed by atoms with Gasteiger partial charge in [0.1, 0.15) is 0 Å². The van der Waals surface area contributed by atoms with Crippen molar-refractivity contribution < 1.29 is 27.8 Å². The Labute approximate surface area is 210 Å². The van der Waals surface area contributed by atoms with Crippen molar-refractivity contribution in [2.24, 2.45) is 5.92 Å². The smallest absolute Gasteiger partial charge is 0.224 e. The molecule has 1 atom stereocenters. The van der Waals surface area contributed by atoms with Gasteiger partial charge in [0.15, 0.2) is 23.1 Å². The van der Waals surface area contributed by atoms with Crippen LogP contribution in [0.15, 0.2) is 66.7 Å². The quantitative estimate of drug-likeness (QED) is 0.253. The lowest BCUT2D eigenvalue weighted by molar-refractivity contribution is -0.0225. The lowest BCUT2D eigenvalue weighted by atomic mass is 9.78. The molecule has 0 aromatic heterocycles. The second kappa shape index (κ2) is 11.7. The molecule has 0 bridgehead atoms. The molecule has 0 saturated heterocycles. The van der Waals surface area contributed by atoms with E-state index >= 15 is 0 Å². The van der Waals surface area contributed by atoms with E-state index in [1.807, 2.05) is 13.0 Å². The Hall–Kier alpha value is -3.25. The zero-order valence-corrected chi connectivity index (χ0v) is 20.5. The van der Waals surface area contributed by atoms with Crippen LogP contribution in [0.3, 0.4) is 0 Å². The summed E-state index contributed by atoms with van der Waals surface area (Å²) in [5, 5.41) is 10.5. The molecule has 3 aromatic rings. The summed E-state index contributed by atoms with van der Waals surface area (Å²) in [6.07, 6.45) is 6.23. The standard InChI is InChI=1S/C30H31F3O3/c1-3-5-19-6-8-21(9-7-19)24-15-17-27(29(33)28(24)32)36-30(34)22-12-10-20(11-13-22)23-14-16-26(35-4-2)25(31)18-23/h3,5,10-19,21,30,34H,4,6-9H2,1-2H3/b5-3+. The Morgan fingerprint density at radius 3 is 2.19 bits per heavy atom. The molecule has 0 aliphatic heterocycles. The van der Waals surface area contributed by atoms with Gasteiger partial charge in [-0.3, -0.25) is 0 Å². The molecule has 1 N–H and O–H groups in total. The van der Waals surface area contributed by atoms with E-state index in [0.717, 1.165) is 31.2 Å². The van der Waals surface area contributed by atoms with Crippen LogP contribution in [0.4, 0.5) is 13.2 Å². The monoisotopic (exact) mass is 496 g/mol. The summed E-state index contributed by atoms with van der Waals surface area (Å²) in [5.41, 5.74) is 2.08. The predicted molar refractivity (Wildman–Crippen MR) is 134 cm³/mol. The van der Waals surface area contributed by atoms with Gasteiger partial charge in [-0.25, -0.2) is 8.78 Å². The molecular formula is C30H31F3O3. The van der Waals surface area contributed by atoms with Crippen molar-refractivity contribution in [3.8, 4) is 22.6 Å². The van der Waals surface area contributed by atoms with E-state index in [9.17, 15) is 18.3 Å². The molecule has 1 unspecified atom stereocenters. The maximum absolute atomic E-state index is 14.9. The lowest BCUT2D eigenvalue weighted by Crippen LogP contribution is -2.14. The SMILES string of the molecule is C/C=C/C1CCC(c2ccc(OC(O)c3ccc(-c4ccc(OCC)c(F)c4)cc3)c(F)c2F)CC1. The van der Waals surface area contributed by atoms with E-state index in [0.29, 0.717) is 29.2 Å². The molecular weight excluding hydrogens is 465 g/mol. The first-order chi connectivity index (χ1) is 17.4. The number of aliphatic hydroxyl groups excluding tert-OH is 1. The summed E-state index contributed by atoms with van der Waals surface area (Å²) in [4.78, 5) is 0. The maximum atomic E-state index is 14.9. The molecule has 3 aromatic carbocycles. The normalized spacial score (nSPS) is 18.8. The Kier molecular flexibility index (Phi) is 8.36. The second-order valence-corrected chi connectivity index (χ2v) is 9.09. The molecule has 0 spiro atoms. The largest absolute Gasteiger partial charge is 0.491 e. The molecule has 3 nitrogen and oxygen atoms in total. The number of hydrogen-bond donors (Lipinski definition) is 1. The number of ether oxygens (including phenoxy) is 2. The third-order valence-electron chi connectivity index (χ3n) is 6.75. The molecule has 1 fully saturated rings. The number of hydrogen-bond acceptors (Lipinski definition) is 3. The number of halogens is 3. The number of rotatable bonds is 8. The molecule has 0 amide bonds. The van der Waals surface area contributed by atoms with Crippen molar-refractivity contribution in [2.75, 3.05) is 6.61 Å². The van der Waals surface area contributed by atoms with Crippen LogP contribution in [-0.4, -0.2) is 11.7 Å². The highest BCUT2D eigenvalue weighted by molar-refractivity contribution is 5.64. The summed E-state index contributed by atoms with van der Waals surface area (Å²) < 4.78 is 54.5. The molecule has 6 heteroatoms. The average Bonchev–Trinajstić information content (AvgIpc) is 2.89. The van der Waals surface area contributed by atoms with Crippen molar-refractivity contribution in [3.05, 3.63) is 95.3 Å². The summed E-state index contributed by atoms with van der Waals surface area (Å²) in [7, 11) is 0. The fourth-order valence-corrected chi connectivity index (χ4v) is 4.83. The third kappa shape index (κ3) is 5.76. The lowest BCUT2D eigenvalue weighted by Gasteiger charge is -2.27. The van der Waals surface area contributed by atoms with Crippen molar-refractivity contribution in [1.29, 1.82) is 0 Å². The molecule has 1 aliphatic rings. The first-order valence-corrected chi connectivity index (χ1v) is 12.4. The molecule has 0 heterocycles. The van der Waals surface area contributed by atoms with Crippen LogP contribution in [-0.2, 0) is 0 Å². The number of benzene rings is 3. The van der Waals surface area contributed by atoms with Crippen molar-refractivity contribution in [2.45, 2.75) is 51.7 Å². The van der Waals surface area contributed by atoms with Crippen molar-refractivity contribution >= 4 is 0 Å². The van der Waals surface area contributed by atoms with Crippen LogP contribution in [0, 0.1) is 23.4 Å². The van der Waals surface area contributed by atoms with Gasteiger partial charge in [-0.2, -0.15) is 4.39 Å². The zero-order valence-electron chi connectivity index (χ0n) is 20.5. The molecule has 36 heavy (non-hydrogen) atoms. The van der Waals surface area contributed by atoms with Crippen molar-refractivity contribution in [1.82, 2.24) is 0 Å². The van der Waals surface area contributed by atoms with Gasteiger partial charge in [-0.15, -0.1) is 0 Å². The average molecular weight is 497 g/mol. The second-order valence-electron chi connectivity index (χ2n) is 9.09. The third-order valence-corrected chi connectivity index (χ3v) is 6.75. The van der Waals surface area contributed by atoms with E-state index in [1.54, 1.807) is 49.4 Å². The molecule has 0 radical (unpaired) electrons. The van der Waals surface area contributed by atoms with Gasteiger partial charge in [-0.1, -0.05) is 48.6 Å². The number of aliphatic hydroxyl groups is 1. The van der Waals surface area contributed by atoms with Crippen LogP contribution < -0.4 is 9.47 Å². The summed E-state index contributed by atoms with van der Waals surface area (Å²) in [6, 6.07) is 14.2. The van der Waals surface area contributed by atoms with E-state index in [1.165, 1.54) is 12.1 Å². The molecule has 1 aliphatic carbocycles. The Balaban J connectivity index is 1.43. The van der Waals surface area contributed by atoms with Crippen LogP contribution in [0.25, 0.3) is 11.1 Å². The van der Waals surface area contributed by atoms with Gasteiger partial charge in [0.05, 0.1) is 6.61 Å². The molecule has 4 rings (SSSR count). The van der Waals surface area contributed by atoms with Crippen molar-refractivity contribution in [3.63, 3.8) is 0 Å². The number of allylic oxidation sites excluding steroid dienone is 2. The highest BCUT2D eigenvalue weighted by Gasteiger charge is 2.26.